The minimum absolute atomic E-state index is 0.0840. The fourth-order valence-electron chi connectivity index (χ4n) is 4.24. The zero-order valence-electron chi connectivity index (χ0n) is 17.2. The topological polar surface area (TPSA) is 65.1 Å². The first-order valence-corrected chi connectivity index (χ1v) is 10.4. The number of rotatable bonds is 5. The smallest absolute Gasteiger partial charge is 0.410 e. The lowest BCUT2D eigenvalue weighted by Gasteiger charge is -2.43. The number of nitrogens with zero attached hydrogens (tertiary/aromatic N) is 1. The van der Waals surface area contributed by atoms with Crippen LogP contribution in [0.15, 0.2) is 54.6 Å². The first kappa shape index (κ1) is 20.4. The summed E-state index contributed by atoms with van der Waals surface area (Å²) >= 11 is 0. The molecule has 0 aromatic heterocycles. The number of amides is 1. The molecule has 2 unspecified atom stereocenters. The first-order chi connectivity index (χ1) is 14.7. The van der Waals surface area contributed by atoms with Crippen molar-refractivity contribution >= 4 is 12.1 Å². The minimum atomic E-state index is -0.367. The summed E-state index contributed by atoms with van der Waals surface area (Å²) in [4.78, 5) is 26.5. The highest BCUT2D eigenvalue weighted by molar-refractivity contribution is 5.89. The lowest BCUT2D eigenvalue weighted by atomic mass is 9.78. The zero-order chi connectivity index (χ0) is 20.9. The Labute approximate surface area is 176 Å². The van der Waals surface area contributed by atoms with Gasteiger partial charge in [-0.25, -0.2) is 9.59 Å². The van der Waals surface area contributed by atoms with E-state index < -0.39 is 0 Å². The van der Waals surface area contributed by atoms with Gasteiger partial charge in [-0.1, -0.05) is 42.5 Å². The number of carbonyl (C=O) groups excluding carboxylic acids is 2. The summed E-state index contributed by atoms with van der Waals surface area (Å²) in [5, 5.41) is 0. The quantitative estimate of drug-likeness (QED) is 0.692. The second kappa shape index (κ2) is 9.30. The van der Waals surface area contributed by atoms with E-state index in [0.717, 1.165) is 37.2 Å². The van der Waals surface area contributed by atoms with Crippen molar-refractivity contribution < 1.29 is 23.8 Å². The number of ether oxygens (including phenoxy) is 3. The number of benzene rings is 2. The Bertz CT molecular complexity index is 863. The highest BCUT2D eigenvalue weighted by Gasteiger charge is 2.38. The molecule has 0 aliphatic carbocycles. The van der Waals surface area contributed by atoms with Gasteiger partial charge in [-0.15, -0.1) is 0 Å². The molecule has 0 saturated carbocycles. The molecule has 0 bridgehead atoms. The number of likely N-dealkylation sites (tertiary alicyclic amines) is 1. The normalized spacial score (nSPS) is 21.6. The van der Waals surface area contributed by atoms with Crippen molar-refractivity contribution in [3.63, 3.8) is 0 Å². The molecule has 6 nitrogen and oxygen atoms in total. The Hall–Kier alpha value is -2.86. The van der Waals surface area contributed by atoms with Crippen LogP contribution in [-0.2, 0) is 20.8 Å². The molecule has 2 aliphatic heterocycles. The average Bonchev–Trinajstić information content (AvgIpc) is 2.76. The largest absolute Gasteiger partial charge is 0.465 e. The molecule has 6 heteroatoms. The van der Waals surface area contributed by atoms with E-state index in [-0.39, 0.29) is 24.7 Å². The molecule has 0 radical (unpaired) electrons. The van der Waals surface area contributed by atoms with E-state index in [1.54, 1.807) is 12.1 Å². The number of hydrogen-bond acceptors (Lipinski definition) is 5. The summed E-state index contributed by atoms with van der Waals surface area (Å²) < 4.78 is 15.8. The third kappa shape index (κ3) is 4.49. The Kier molecular flexibility index (Phi) is 6.33. The highest BCUT2D eigenvalue weighted by atomic mass is 16.6. The molecule has 1 amide bonds. The van der Waals surface area contributed by atoms with E-state index in [1.807, 2.05) is 47.4 Å². The lowest BCUT2D eigenvalue weighted by Crippen LogP contribution is -2.46. The lowest BCUT2D eigenvalue weighted by molar-refractivity contribution is -0.0780. The molecule has 2 atom stereocenters. The number of esters is 1. The monoisotopic (exact) mass is 409 g/mol. The maximum Gasteiger partial charge on any atom is 0.410 e. The van der Waals surface area contributed by atoms with Gasteiger partial charge in [-0.3, -0.25) is 0 Å². The van der Waals surface area contributed by atoms with Crippen LogP contribution < -0.4 is 0 Å². The van der Waals surface area contributed by atoms with Crippen molar-refractivity contribution in [3.8, 4) is 0 Å². The molecule has 2 fully saturated rings. The van der Waals surface area contributed by atoms with Gasteiger partial charge < -0.3 is 19.1 Å². The molecule has 0 spiro atoms. The van der Waals surface area contributed by atoms with Crippen LogP contribution in [-0.4, -0.2) is 43.8 Å². The van der Waals surface area contributed by atoms with Crippen LogP contribution in [0.2, 0.25) is 0 Å². The van der Waals surface area contributed by atoms with E-state index >= 15 is 0 Å². The maximum atomic E-state index is 12.9. The number of methoxy groups -OCH3 is 1. The van der Waals surface area contributed by atoms with Crippen LogP contribution in [0.25, 0.3) is 0 Å². The number of carbonyl (C=O) groups is 2. The summed E-state index contributed by atoms with van der Waals surface area (Å²) in [7, 11) is 1.37. The van der Waals surface area contributed by atoms with Crippen molar-refractivity contribution in [1.29, 1.82) is 0 Å². The van der Waals surface area contributed by atoms with Crippen molar-refractivity contribution in [3.05, 3.63) is 71.3 Å². The second-order valence-corrected chi connectivity index (χ2v) is 7.94. The Balaban J connectivity index is 1.50. The van der Waals surface area contributed by atoms with E-state index in [2.05, 4.69) is 0 Å². The van der Waals surface area contributed by atoms with Gasteiger partial charge in [0, 0.05) is 12.5 Å². The summed E-state index contributed by atoms with van der Waals surface area (Å²) in [5.41, 5.74) is 2.47. The molecular formula is C24H27NO5. The van der Waals surface area contributed by atoms with Crippen LogP contribution in [0.1, 0.15) is 40.4 Å². The molecule has 2 heterocycles. The van der Waals surface area contributed by atoms with Gasteiger partial charge in [0.2, 0.25) is 0 Å². The summed E-state index contributed by atoms with van der Waals surface area (Å²) in [6.07, 6.45) is 1.52. The molecule has 0 N–H and O–H groups in total. The van der Waals surface area contributed by atoms with E-state index in [9.17, 15) is 9.59 Å². The average molecular weight is 409 g/mol. The maximum absolute atomic E-state index is 12.9. The summed E-state index contributed by atoms with van der Waals surface area (Å²) in [6, 6.07) is 16.9. The summed E-state index contributed by atoms with van der Waals surface area (Å²) in [5.74, 6) is 0.709. The fraction of sp³-hybridized carbons (Fsp3) is 0.417. The van der Waals surface area contributed by atoms with Gasteiger partial charge in [-0.05, 0) is 42.0 Å². The van der Waals surface area contributed by atoms with E-state index in [4.69, 9.17) is 14.2 Å². The van der Waals surface area contributed by atoms with Crippen LogP contribution in [0.3, 0.4) is 0 Å². The number of piperidine rings is 1. The molecule has 2 saturated heterocycles. The first-order valence-electron chi connectivity index (χ1n) is 10.4. The van der Waals surface area contributed by atoms with Gasteiger partial charge in [0.1, 0.15) is 6.61 Å². The minimum Gasteiger partial charge on any atom is -0.465 e. The van der Waals surface area contributed by atoms with Gasteiger partial charge in [0.05, 0.1) is 31.9 Å². The highest BCUT2D eigenvalue weighted by Crippen LogP contribution is 2.40. The number of hydrogen-bond donors (Lipinski definition) is 0. The van der Waals surface area contributed by atoms with E-state index in [0.29, 0.717) is 23.9 Å². The molecule has 4 rings (SSSR count). The predicted molar refractivity (Wildman–Crippen MR) is 111 cm³/mol. The van der Waals surface area contributed by atoms with Gasteiger partial charge in [0.25, 0.3) is 0 Å². The van der Waals surface area contributed by atoms with Crippen molar-refractivity contribution in [2.45, 2.75) is 25.5 Å². The fourth-order valence-corrected chi connectivity index (χ4v) is 4.24. The van der Waals surface area contributed by atoms with Gasteiger partial charge in [-0.2, -0.15) is 0 Å². The standard InChI is InChI=1S/C24H27NO5/c1-28-23(26)19-9-7-18(8-10-19)22-13-20(21-15-29-16-21)11-12-25(22)24(27)30-14-17-5-3-2-4-6-17/h2-10,20-22H,11-16H2,1H3. The molecule has 30 heavy (non-hydrogen) atoms. The van der Waals surface area contributed by atoms with Crippen molar-refractivity contribution in [2.24, 2.45) is 11.8 Å². The Morgan fingerprint density at radius 2 is 1.77 bits per heavy atom. The third-order valence-corrected chi connectivity index (χ3v) is 6.13. The second-order valence-electron chi connectivity index (χ2n) is 7.94. The molecule has 158 valence electrons. The summed E-state index contributed by atoms with van der Waals surface area (Å²) in [6.45, 7) is 2.51. The zero-order valence-corrected chi connectivity index (χ0v) is 17.2. The van der Waals surface area contributed by atoms with Gasteiger partial charge in [0.15, 0.2) is 0 Å². The van der Waals surface area contributed by atoms with Crippen molar-refractivity contribution in [2.75, 3.05) is 26.9 Å². The third-order valence-electron chi connectivity index (χ3n) is 6.13. The van der Waals surface area contributed by atoms with Crippen molar-refractivity contribution in [1.82, 2.24) is 4.90 Å². The molecular weight excluding hydrogens is 382 g/mol. The molecule has 2 aromatic carbocycles. The SMILES string of the molecule is COC(=O)c1ccc(C2CC(C3COC3)CCN2C(=O)OCc2ccccc2)cc1. The van der Waals surface area contributed by atoms with Crippen LogP contribution in [0.4, 0.5) is 4.79 Å². The van der Waals surface area contributed by atoms with Crippen LogP contribution in [0, 0.1) is 11.8 Å². The molecule has 2 aliphatic rings. The Morgan fingerprint density at radius 3 is 2.40 bits per heavy atom. The molecule has 2 aromatic rings. The van der Waals surface area contributed by atoms with E-state index in [1.165, 1.54) is 7.11 Å². The Morgan fingerprint density at radius 1 is 1.03 bits per heavy atom. The van der Waals surface area contributed by atoms with Gasteiger partial charge >= 0.3 is 12.1 Å². The van der Waals surface area contributed by atoms with Crippen LogP contribution in [0.5, 0.6) is 0 Å². The van der Waals surface area contributed by atoms with Crippen LogP contribution >= 0.6 is 0 Å². The predicted octanol–water partition coefficient (Wildman–Crippen LogP) is 4.21.